The third kappa shape index (κ3) is 3.69. The molecule has 2 aromatic carbocycles. The first-order valence-electron chi connectivity index (χ1n) is 10.4. The second-order valence-corrected chi connectivity index (χ2v) is 9.00. The molecule has 0 N–H and O–H groups in total. The van der Waals surface area contributed by atoms with Gasteiger partial charge >= 0.3 is 0 Å². The number of ether oxygens (including phenoxy) is 1. The second-order valence-electron chi connectivity index (χ2n) is 7.83. The van der Waals surface area contributed by atoms with Crippen molar-refractivity contribution in [1.82, 2.24) is 18.7 Å². The number of hydrogen-bond acceptors (Lipinski definition) is 5. The first-order chi connectivity index (χ1) is 15.5. The molecule has 4 aromatic rings. The number of halogens is 1. The van der Waals surface area contributed by atoms with Gasteiger partial charge in [-0.3, -0.25) is 4.79 Å². The fourth-order valence-electron chi connectivity index (χ4n) is 4.24. The average Bonchev–Trinajstić information content (AvgIpc) is 3.09. The largest absolute Gasteiger partial charge is 0.497 e. The van der Waals surface area contributed by atoms with Crippen LogP contribution >= 0.6 is 11.9 Å². The van der Waals surface area contributed by atoms with E-state index in [0.29, 0.717) is 16.8 Å². The zero-order valence-electron chi connectivity index (χ0n) is 17.9. The molecule has 1 aliphatic rings. The van der Waals surface area contributed by atoms with E-state index in [-0.39, 0.29) is 12.1 Å². The van der Waals surface area contributed by atoms with Crippen molar-refractivity contribution >= 4 is 22.9 Å². The predicted octanol–water partition coefficient (Wildman–Crippen LogP) is 4.00. The van der Waals surface area contributed by atoms with Crippen molar-refractivity contribution < 1.29 is 9.13 Å². The van der Waals surface area contributed by atoms with Gasteiger partial charge in [-0.25, -0.2) is 13.4 Å². The SMILES string of the molecule is COc1ccc(Cn2ncc3c4c(n(C)c3c2=O)CN(Sc2ccccc2)CC4)c(F)c1. The van der Waals surface area contributed by atoms with E-state index < -0.39 is 5.82 Å². The Balaban J connectivity index is 1.47. The summed E-state index contributed by atoms with van der Waals surface area (Å²) in [6.07, 6.45) is 2.60. The van der Waals surface area contributed by atoms with E-state index in [1.54, 1.807) is 30.3 Å². The van der Waals surface area contributed by atoms with Gasteiger partial charge in [-0.2, -0.15) is 5.10 Å². The van der Waals surface area contributed by atoms with Crippen LogP contribution in [0.4, 0.5) is 4.39 Å². The van der Waals surface area contributed by atoms with Crippen molar-refractivity contribution in [3.63, 3.8) is 0 Å². The summed E-state index contributed by atoms with van der Waals surface area (Å²) in [6, 6.07) is 14.9. The summed E-state index contributed by atoms with van der Waals surface area (Å²) < 4.78 is 25.1. The molecule has 3 heterocycles. The fourth-order valence-corrected chi connectivity index (χ4v) is 5.19. The maximum absolute atomic E-state index is 14.4. The normalized spacial score (nSPS) is 14.0. The summed E-state index contributed by atoms with van der Waals surface area (Å²) in [5.74, 6) is 0.0212. The van der Waals surface area contributed by atoms with Crippen LogP contribution in [0.15, 0.2) is 64.4 Å². The van der Waals surface area contributed by atoms with Crippen LogP contribution < -0.4 is 10.3 Å². The molecule has 8 heteroatoms. The van der Waals surface area contributed by atoms with E-state index in [2.05, 4.69) is 21.5 Å². The maximum atomic E-state index is 14.4. The molecule has 5 rings (SSSR count). The smallest absolute Gasteiger partial charge is 0.291 e. The van der Waals surface area contributed by atoms with Crippen molar-refractivity contribution in [2.24, 2.45) is 7.05 Å². The van der Waals surface area contributed by atoms with Crippen molar-refractivity contribution in [2.45, 2.75) is 24.4 Å². The van der Waals surface area contributed by atoms with Gasteiger partial charge in [0.25, 0.3) is 5.56 Å². The molecule has 0 fully saturated rings. The Hall–Kier alpha value is -3.10. The molecule has 2 aromatic heterocycles. The Morgan fingerprint density at radius 1 is 1.19 bits per heavy atom. The summed E-state index contributed by atoms with van der Waals surface area (Å²) in [7, 11) is 3.42. The predicted molar refractivity (Wildman–Crippen MR) is 123 cm³/mol. The zero-order chi connectivity index (χ0) is 22.2. The van der Waals surface area contributed by atoms with E-state index in [9.17, 15) is 9.18 Å². The molecule has 0 radical (unpaired) electrons. The van der Waals surface area contributed by atoms with Crippen LogP contribution in [0.5, 0.6) is 5.75 Å². The Morgan fingerprint density at radius 3 is 2.75 bits per heavy atom. The average molecular weight is 451 g/mol. The van der Waals surface area contributed by atoms with Gasteiger partial charge < -0.3 is 9.30 Å². The lowest BCUT2D eigenvalue weighted by atomic mass is 10.1. The molecule has 0 atom stereocenters. The topological polar surface area (TPSA) is 52.3 Å². The molecule has 0 bridgehead atoms. The number of aryl methyl sites for hydroxylation is 1. The maximum Gasteiger partial charge on any atom is 0.291 e. The van der Waals surface area contributed by atoms with Crippen LogP contribution in [0.25, 0.3) is 10.9 Å². The van der Waals surface area contributed by atoms with Gasteiger partial charge in [-0.15, -0.1) is 0 Å². The van der Waals surface area contributed by atoms with E-state index in [1.165, 1.54) is 28.3 Å². The standard InChI is InChI=1S/C24H23FN4O2S/c1-27-22-15-28(32-18-6-4-3-5-7-18)11-10-19(22)20-13-26-29(24(30)23(20)27)14-16-8-9-17(31-2)12-21(16)25/h3-9,12-13H,10-11,14-15H2,1-2H3. The van der Waals surface area contributed by atoms with Crippen LogP contribution in [-0.4, -0.2) is 32.3 Å². The molecular weight excluding hydrogens is 427 g/mol. The molecule has 32 heavy (non-hydrogen) atoms. The lowest BCUT2D eigenvalue weighted by molar-refractivity contribution is 0.410. The van der Waals surface area contributed by atoms with Crippen LogP contribution in [0.3, 0.4) is 0 Å². The number of hydrogen-bond donors (Lipinski definition) is 0. The third-order valence-electron chi connectivity index (χ3n) is 5.93. The first-order valence-corrected chi connectivity index (χ1v) is 11.2. The summed E-state index contributed by atoms with van der Waals surface area (Å²) in [5.41, 5.74) is 3.10. The summed E-state index contributed by atoms with van der Waals surface area (Å²) in [6.45, 7) is 1.70. The van der Waals surface area contributed by atoms with Crippen LogP contribution in [0.2, 0.25) is 0 Å². The van der Waals surface area contributed by atoms with Gasteiger partial charge in [-0.1, -0.05) is 24.3 Å². The number of aromatic nitrogens is 3. The van der Waals surface area contributed by atoms with Gasteiger partial charge in [0.1, 0.15) is 17.1 Å². The quantitative estimate of drug-likeness (QED) is 0.430. The highest BCUT2D eigenvalue weighted by molar-refractivity contribution is 7.97. The number of methoxy groups -OCH3 is 1. The van der Waals surface area contributed by atoms with Crippen LogP contribution in [-0.2, 0) is 26.6 Å². The van der Waals surface area contributed by atoms with Gasteiger partial charge in [0.15, 0.2) is 0 Å². The van der Waals surface area contributed by atoms with Crippen molar-refractivity contribution in [2.75, 3.05) is 13.7 Å². The third-order valence-corrected chi connectivity index (χ3v) is 6.98. The molecule has 1 aliphatic heterocycles. The summed E-state index contributed by atoms with van der Waals surface area (Å²) >= 11 is 1.73. The van der Waals surface area contributed by atoms with Gasteiger partial charge in [0.2, 0.25) is 0 Å². The Morgan fingerprint density at radius 2 is 2.00 bits per heavy atom. The molecule has 6 nitrogen and oxygen atoms in total. The minimum absolute atomic E-state index is 0.0659. The number of rotatable bonds is 5. The number of fused-ring (bicyclic) bond motifs is 3. The lowest BCUT2D eigenvalue weighted by Gasteiger charge is -2.26. The van der Waals surface area contributed by atoms with Crippen LogP contribution in [0, 0.1) is 5.82 Å². The van der Waals surface area contributed by atoms with E-state index in [1.807, 2.05) is 29.8 Å². The molecule has 0 saturated carbocycles. The highest BCUT2D eigenvalue weighted by Crippen LogP contribution is 2.33. The molecule has 0 amide bonds. The van der Waals surface area contributed by atoms with Gasteiger partial charge in [0.05, 0.1) is 26.4 Å². The van der Waals surface area contributed by atoms with Gasteiger partial charge in [-0.05, 0) is 42.1 Å². The minimum atomic E-state index is -0.419. The molecule has 164 valence electrons. The van der Waals surface area contributed by atoms with Crippen molar-refractivity contribution in [3.05, 3.63) is 87.7 Å². The summed E-state index contributed by atoms with van der Waals surface area (Å²) in [5, 5.41) is 5.26. The molecule has 0 unspecified atom stereocenters. The number of nitrogens with zero attached hydrogens (tertiary/aromatic N) is 4. The Bertz CT molecular complexity index is 1350. The first kappa shape index (κ1) is 20.8. The van der Waals surface area contributed by atoms with E-state index in [4.69, 9.17) is 4.74 Å². The van der Waals surface area contributed by atoms with Crippen LogP contribution in [0.1, 0.15) is 16.8 Å². The highest BCUT2D eigenvalue weighted by atomic mass is 32.2. The fraction of sp³-hybridized carbons (Fsp3) is 0.250. The van der Waals surface area contributed by atoms with E-state index in [0.717, 1.165) is 30.6 Å². The monoisotopic (exact) mass is 450 g/mol. The Labute approximate surface area is 189 Å². The number of benzene rings is 2. The van der Waals surface area contributed by atoms with Crippen molar-refractivity contribution in [3.8, 4) is 5.75 Å². The molecule has 0 spiro atoms. The van der Waals surface area contributed by atoms with E-state index >= 15 is 0 Å². The zero-order valence-corrected chi connectivity index (χ0v) is 18.7. The lowest BCUT2D eigenvalue weighted by Crippen LogP contribution is -2.26. The minimum Gasteiger partial charge on any atom is -0.497 e. The molecule has 0 aliphatic carbocycles. The Kier molecular flexibility index (Phi) is 5.48. The second kappa shape index (κ2) is 8.44. The summed E-state index contributed by atoms with van der Waals surface area (Å²) in [4.78, 5) is 14.5. The molecule has 0 saturated heterocycles. The van der Waals surface area contributed by atoms with Crippen molar-refractivity contribution in [1.29, 1.82) is 0 Å². The van der Waals surface area contributed by atoms with Gasteiger partial charge in [0, 0.05) is 41.2 Å². The highest BCUT2D eigenvalue weighted by Gasteiger charge is 2.25. The molecular formula is C24H23FN4O2S.